The van der Waals surface area contributed by atoms with E-state index in [-0.39, 0.29) is 18.5 Å². The molecule has 1 aliphatic carbocycles. The predicted octanol–water partition coefficient (Wildman–Crippen LogP) is 9.14. The number of fused-ring (bicyclic) bond motifs is 3. The second kappa shape index (κ2) is 50.2. The van der Waals surface area contributed by atoms with Gasteiger partial charge in [0, 0.05) is 25.5 Å². The first-order valence-electron chi connectivity index (χ1n) is 28.4. The Kier molecular flexibility index (Phi) is 44.2. The molecule has 2 aromatic rings. The molecule has 0 heterocycles. The van der Waals surface area contributed by atoms with Crippen LogP contribution in [0.5, 0.6) is 0 Å². The molecule has 1 aliphatic rings. The summed E-state index contributed by atoms with van der Waals surface area (Å²) in [5, 5.41) is 2.81. The van der Waals surface area contributed by atoms with E-state index in [1.165, 1.54) is 92.9 Å². The van der Waals surface area contributed by atoms with Crippen LogP contribution in [0.2, 0.25) is 0 Å². The van der Waals surface area contributed by atoms with Crippen molar-refractivity contribution in [2.75, 3.05) is 178 Å². The van der Waals surface area contributed by atoms with Gasteiger partial charge in [-0.25, -0.2) is 4.79 Å². The zero-order valence-corrected chi connectivity index (χ0v) is 45.9. The summed E-state index contributed by atoms with van der Waals surface area (Å²) in [4.78, 5) is 24.2. The normalized spacial score (nSPS) is 12.1. The van der Waals surface area contributed by atoms with E-state index in [4.69, 9.17) is 66.3 Å². The van der Waals surface area contributed by atoms with Crippen LogP contribution in [0.1, 0.15) is 120 Å². The van der Waals surface area contributed by atoms with E-state index in [9.17, 15) is 9.59 Å². The summed E-state index contributed by atoms with van der Waals surface area (Å²) >= 11 is 0. The summed E-state index contributed by atoms with van der Waals surface area (Å²) < 4.78 is 77.2. The molecule has 0 saturated heterocycles. The van der Waals surface area contributed by atoms with Gasteiger partial charge in [0.1, 0.15) is 13.2 Å². The number of alkyl carbamates (subject to hydrolysis) is 1. The number of nitrogens with one attached hydrogen (secondary N) is 1. The van der Waals surface area contributed by atoms with Gasteiger partial charge in [-0.15, -0.1) is 0 Å². The fraction of sp³-hybridized carbons (Fsp3) is 0.759. The Hall–Kier alpha value is -3.30. The molecule has 3 rings (SSSR count). The molecule has 0 bridgehead atoms. The van der Waals surface area contributed by atoms with Crippen LogP contribution >= 0.6 is 0 Å². The van der Waals surface area contributed by atoms with E-state index in [0.29, 0.717) is 185 Å². The number of unbranched alkanes of at least 4 members (excludes halogenated alkanes) is 12. The van der Waals surface area contributed by atoms with Crippen molar-refractivity contribution in [2.24, 2.45) is 0 Å². The van der Waals surface area contributed by atoms with Gasteiger partial charge < -0.3 is 71.6 Å². The molecular formula is C58H97NO16. The molecular weight excluding hydrogens is 967 g/mol. The van der Waals surface area contributed by atoms with Crippen LogP contribution in [0.4, 0.5) is 4.79 Å². The first kappa shape index (κ1) is 66.0. The van der Waals surface area contributed by atoms with Crippen molar-refractivity contribution in [1.29, 1.82) is 0 Å². The van der Waals surface area contributed by atoms with Crippen LogP contribution in [0.3, 0.4) is 0 Å². The number of carbonyl (C=O) groups is 2. The van der Waals surface area contributed by atoms with Gasteiger partial charge in [0.05, 0.1) is 152 Å². The van der Waals surface area contributed by atoms with Crippen molar-refractivity contribution in [3.63, 3.8) is 0 Å². The van der Waals surface area contributed by atoms with Gasteiger partial charge in [-0.05, 0) is 35.1 Å². The van der Waals surface area contributed by atoms with E-state index in [1.807, 2.05) is 24.3 Å². The lowest BCUT2D eigenvalue weighted by Gasteiger charge is -2.14. The Bertz CT molecular complexity index is 1560. The van der Waals surface area contributed by atoms with E-state index in [0.717, 1.165) is 12.8 Å². The van der Waals surface area contributed by atoms with Crippen LogP contribution < -0.4 is 5.32 Å². The first-order valence-corrected chi connectivity index (χ1v) is 28.4. The quantitative estimate of drug-likeness (QED) is 0.0490. The lowest BCUT2D eigenvalue weighted by atomic mass is 9.98. The van der Waals surface area contributed by atoms with Gasteiger partial charge in [0.15, 0.2) is 0 Å². The highest BCUT2D eigenvalue weighted by atomic mass is 16.6. The number of hydrogen-bond acceptors (Lipinski definition) is 16. The minimum absolute atomic E-state index is 0.0442. The fourth-order valence-corrected chi connectivity index (χ4v) is 8.11. The van der Waals surface area contributed by atoms with Crippen LogP contribution in [0.15, 0.2) is 48.5 Å². The highest BCUT2D eigenvalue weighted by Gasteiger charge is 2.29. The Morgan fingerprint density at radius 1 is 0.360 bits per heavy atom. The van der Waals surface area contributed by atoms with E-state index in [2.05, 4.69) is 36.5 Å². The van der Waals surface area contributed by atoms with E-state index >= 15 is 0 Å². The lowest BCUT2D eigenvalue weighted by Crippen LogP contribution is -2.27. The highest BCUT2D eigenvalue weighted by molar-refractivity contribution is 5.79. The number of rotatable bonds is 56. The Labute approximate surface area is 450 Å². The molecule has 75 heavy (non-hydrogen) atoms. The molecule has 17 nitrogen and oxygen atoms in total. The monoisotopic (exact) mass is 1060 g/mol. The average molecular weight is 1060 g/mol. The Morgan fingerprint density at radius 2 is 0.667 bits per heavy atom. The third-order valence-corrected chi connectivity index (χ3v) is 12.1. The second-order valence-electron chi connectivity index (χ2n) is 18.2. The van der Waals surface area contributed by atoms with Crippen LogP contribution in [0.25, 0.3) is 11.1 Å². The zero-order valence-electron chi connectivity index (χ0n) is 45.9. The van der Waals surface area contributed by atoms with Crippen molar-refractivity contribution in [1.82, 2.24) is 5.32 Å². The maximum absolute atomic E-state index is 12.3. The maximum atomic E-state index is 12.3. The molecule has 17 heteroatoms. The third-order valence-electron chi connectivity index (χ3n) is 12.1. The summed E-state index contributed by atoms with van der Waals surface area (Å²) in [6, 6.07) is 16.6. The zero-order chi connectivity index (χ0) is 53.0. The maximum Gasteiger partial charge on any atom is 0.407 e. The molecule has 0 unspecified atom stereocenters. The molecule has 1 amide bonds. The Morgan fingerprint density at radius 3 is 1.03 bits per heavy atom. The number of ether oxygens (including phenoxy) is 14. The van der Waals surface area contributed by atoms with Crippen molar-refractivity contribution in [2.45, 2.75) is 109 Å². The van der Waals surface area contributed by atoms with Crippen LogP contribution in [0, 0.1) is 0 Å². The van der Waals surface area contributed by atoms with E-state index in [1.54, 1.807) is 0 Å². The molecule has 0 spiro atoms. The molecule has 0 aliphatic heterocycles. The molecule has 0 atom stereocenters. The van der Waals surface area contributed by atoms with E-state index < -0.39 is 6.09 Å². The number of benzene rings is 2. The largest absolute Gasteiger partial charge is 0.463 e. The highest BCUT2D eigenvalue weighted by Crippen LogP contribution is 2.44. The van der Waals surface area contributed by atoms with Crippen molar-refractivity contribution < 1.29 is 75.9 Å². The van der Waals surface area contributed by atoms with Gasteiger partial charge in [0.2, 0.25) is 0 Å². The summed E-state index contributed by atoms with van der Waals surface area (Å²) in [5.41, 5.74) is 4.80. The summed E-state index contributed by atoms with van der Waals surface area (Å²) in [7, 11) is 0. The SMILES string of the molecule is CCCCCCCCCCCCCCCC(=O)OCCOCCOCCOCCOCCOCCOCCOCCOCCOCCOCCOCCOCCCNC(=O)OCC1c2ccccc2-c2ccccc21. The minimum atomic E-state index is -0.418. The number of carbonyl (C=O) groups excluding carboxylic acids is 2. The topological polar surface area (TPSA) is 175 Å². The number of amides is 1. The minimum Gasteiger partial charge on any atom is -0.463 e. The number of esters is 1. The molecule has 2 aromatic carbocycles. The molecule has 0 radical (unpaired) electrons. The number of hydrogen-bond donors (Lipinski definition) is 1. The second-order valence-corrected chi connectivity index (χ2v) is 18.2. The van der Waals surface area contributed by atoms with Gasteiger partial charge >= 0.3 is 12.1 Å². The molecule has 1 N–H and O–H groups in total. The van der Waals surface area contributed by atoms with Gasteiger partial charge in [-0.2, -0.15) is 0 Å². The average Bonchev–Trinajstić information content (AvgIpc) is 3.75. The smallest absolute Gasteiger partial charge is 0.407 e. The van der Waals surface area contributed by atoms with Crippen LogP contribution in [-0.2, 0) is 71.1 Å². The third kappa shape index (κ3) is 37.2. The molecule has 0 saturated carbocycles. The standard InChI is InChI=1S/C58H97NO16/c1-2-3-4-5-6-7-8-9-10-11-12-13-14-24-57(60)74-50-49-73-48-47-72-46-45-71-44-43-70-42-41-69-40-39-68-38-37-67-36-35-66-34-33-65-32-31-64-30-29-63-28-27-62-26-19-25-59-58(61)75-51-56-54-22-17-15-20-52(54)53-21-16-18-23-55(53)56/h15-18,20-23,56H,2-14,19,24-51H2,1H3,(H,59,61). The predicted molar refractivity (Wildman–Crippen MR) is 289 cm³/mol. The lowest BCUT2D eigenvalue weighted by molar-refractivity contribution is -0.145. The molecule has 0 fully saturated rings. The van der Waals surface area contributed by atoms with Crippen molar-refractivity contribution in [3.05, 3.63) is 59.7 Å². The summed E-state index contributed by atoms with van der Waals surface area (Å²) in [5.74, 6) is -0.0926. The van der Waals surface area contributed by atoms with Crippen molar-refractivity contribution in [3.8, 4) is 11.1 Å². The fourth-order valence-electron chi connectivity index (χ4n) is 8.11. The summed E-state index contributed by atoms with van der Waals surface area (Å²) in [6.07, 6.45) is 17.5. The Balaban J connectivity index is 0.887. The molecule has 0 aromatic heterocycles. The van der Waals surface area contributed by atoms with Gasteiger partial charge in [-0.3, -0.25) is 4.79 Å². The van der Waals surface area contributed by atoms with Crippen molar-refractivity contribution >= 4 is 12.1 Å². The summed E-state index contributed by atoms with van der Waals surface area (Å²) in [6.45, 7) is 14.8. The van der Waals surface area contributed by atoms with Gasteiger partial charge in [-0.1, -0.05) is 133 Å². The molecule has 430 valence electrons. The van der Waals surface area contributed by atoms with Gasteiger partial charge in [0.25, 0.3) is 0 Å². The van der Waals surface area contributed by atoms with Crippen LogP contribution in [-0.4, -0.2) is 190 Å². The first-order chi connectivity index (χ1) is 37.2.